The maximum absolute atomic E-state index is 12.7. The van der Waals surface area contributed by atoms with E-state index in [-0.39, 0.29) is 17.9 Å². The lowest BCUT2D eigenvalue weighted by Gasteiger charge is -2.12. The Kier molecular flexibility index (Phi) is 22.9. The van der Waals surface area contributed by atoms with Crippen LogP contribution in [0.2, 0.25) is 0 Å². The molecule has 0 saturated heterocycles. The van der Waals surface area contributed by atoms with Crippen molar-refractivity contribution in [2.45, 2.75) is 175 Å². The van der Waals surface area contributed by atoms with Gasteiger partial charge in [0.2, 0.25) is 0 Å². The molecule has 0 spiro atoms. The third-order valence-electron chi connectivity index (χ3n) is 11.1. The zero-order valence-corrected chi connectivity index (χ0v) is 37.1. The Labute approximate surface area is 361 Å². The Morgan fingerprint density at radius 3 is 1.03 bits per heavy atom. The van der Waals surface area contributed by atoms with Crippen LogP contribution in [0.1, 0.15) is 173 Å². The zero-order chi connectivity index (χ0) is 42.6. The van der Waals surface area contributed by atoms with Crippen molar-refractivity contribution < 1.29 is 28.6 Å². The summed E-state index contributed by atoms with van der Waals surface area (Å²) in [7, 11) is 0. The van der Waals surface area contributed by atoms with Gasteiger partial charge in [-0.25, -0.2) is 0 Å². The van der Waals surface area contributed by atoms with Crippen LogP contribution in [0.25, 0.3) is 22.3 Å². The van der Waals surface area contributed by atoms with Crippen LogP contribution in [0.4, 0.5) is 0 Å². The van der Waals surface area contributed by atoms with E-state index in [1.807, 2.05) is 36.4 Å². The predicted octanol–water partition coefficient (Wildman–Crippen LogP) is 15.2. The van der Waals surface area contributed by atoms with E-state index >= 15 is 0 Å². The molecule has 0 N–H and O–H groups in total. The number of esters is 3. The van der Waals surface area contributed by atoms with Crippen LogP contribution in [0.15, 0.2) is 91.0 Å². The molecular weight excluding hydrogens is 745 g/mol. The van der Waals surface area contributed by atoms with E-state index < -0.39 is 0 Å². The molecule has 6 heteroatoms. The molecule has 324 valence electrons. The molecule has 6 nitrogen and oxygen atoms in total. The van der Waals surface area contributed by atoms with Crippen molar-refractivity contribution in [3.05, 3.63) is 102 Å². The number of ether oxygens (including phenoxy) is 3. The molecule has 60 heavy (non-hydrogen) atoms. The average molecular weight is 817 g/mol. The average Bonchev–Trinajstić information content (AvgIpc) is 3.25. The monoisotopic (exact) mass is 817 g/mol. The number of hydrogen-bond acceptors (Lipinski definition) is 6. The fraction of sp³-hybridized carbons (Fsp3) is 0.500. The van der Waals surface area contributed by atoms with Gasteiger partial charge in [-0.2, -0.15) is 0 Å². The van der Waals surface area contributed by atoms with E-state index in [0.717, 1.165) is 112 Å². The molecule has 0 fully saturated rings. The normalized spacial score (nSPS) is 11.1. The highest BCUT2D eigenvalue weighted by atomic mass is 16.5. The van der Waals surface area contributed by atoms with Gasteiger partial charge in [0.15, 0.2) is 0 Å². The van der Waals surface area contributed by atoms with Crippen molar-refractivity contribution in [3.8, 4) is 39.5 Å². The summed E-state index contributed by atoms with van der Waals surface area (Å²) in [4.78, 5) is 37.6. The molecule has 0 atom stereocenters. The van der Waals surface area contributed by atoms with Gasteiger partial charge in [-0.3, -0.25) is 14.4 Å². The third kappa shape index (κ3) is 19.1. The van der Waals surface area contributed by atoms with Crippen LogP contribution in [-0.4, -0.2) is 17.9 Å². The quantitative estimate of drug-likeness (QED) is 0.0296. The van der Waals surface area contributed by atoms with Crippen molar-refractivity contribution in [1.29, 1.82) is 0 Å². The summed E-state index contributed by atoms with van der Waals surface area (Å²) in [6.45, 7) is 6.55. The summed E-state index contributed by atoms with van der Waals surface area (Å²) < 4.78 is 17.1. The summed E-state index contributed by atoms with van der Waals surface area (Å²) in [5.74, 6) is 0.756. The fourth-order valence-corrected chi connectivity index (χ4v) is 7.48. The van der Waals surface area contributed by atoms with Crippen molar-refractivity contribution in [1.82, 2.24) is 0 Å². The number of rotatable bonds is 30. The van der Waals surface area contributed by atoms with Crippen LogP contribution in [0, 0.1) is 0 Å². The summed E-state index contributed by atoms with van der Waals surface area (Å²) >= 11 is 0. The Morgan fingerprint density at radius 1 is 0.333 bits per heavy atom. The molecule has 4 rings (SSSR count). The fourth-order valence-electron chi connectivity index (χ4n) is 7.48. The second-order valence-corrected chi connectivity index (χ2v) is 16.4. The Balaban J connectivity index is 1.21. The van der Waals surface area contributed by atoms with E-state index in [9.17, 15) is 14.4 Å². The molecular formula is C54H72O6. The van der Waals surface area contributed by atoms with Crippen LogP contribution in [-0.2, 0) is 27.2 Å². The van der Waals surface area contributed by atoms with Crippen LogP contribution < -0.4 is 14.2 Å². The minimum Gasteiger partial charge on any atom is -0.427 e. The summed E-state index contributed by atoms with van der Waals surface area (Å²) in [6, 6.07) is 30.6. The number of benzene rings is 4. The van der Waals surface area contributed by atoms with Gasteiger partial charge in [-0.05, 0) is 103 Å². The largest absolute Gasteiger partial charge is 0.427 e. The smallest absolute Gasteiger partial charge is 0.311 e. The molecule has 0 bridgehead atoms. The van der Waals surface area contributed by atoms with E-state index in [4.69, 9.17) is 14.2 Å². The highest BCUT2D eigenvalue weighted by molar-refractivity contribution is 5.77. The van der Waals surface area contributed by atoms with Crippen molar-refractivity contribution in [2.24, 2.45) is 0 Å². The lowest BCUT2D eigenvalue weighted by molar-refractivity contribution is -0.135. The first-order valence-corrected chi connectivity index (χ1v) is 23.4. The molecule has 0 unspecified atom stereocenters. The standard InChI is InChI=1S/C54H72O6/c1-4-7-10-13-20-25-52(55)58-49-38-36-46(37-39-49)45-32-28-43(29-33-45)23-18-16-17-19-24-44-30-34-47(35-31-44)48-40-50(59-53(56)26-21-14-11-8-5-2)42-51(41-48)60-54(57)27-22-15-12-9-6-3/h28-42H,4-27H2,1-3H3. The topological polar surface area (TPSA) is 78.9 Å². The number of carbonyl (C=O) groups excluding carboxylic acids is 3. The van der Waals surface area contributed by atoms with E-state index in [1.54, 1.807) is 6.07 Å². The second kappa shape index (κ2) is 28.7. The van der Waals surface area contributed by atoms with Gasteiger partial charge in [0.1, 0.15) is 17.2 Å². The summed E-state index contributed by atoms with van der Waals surface area (Å²) in [6.07, 6.45) is 24.1. The molecule has 0 aliphatic heterocycles. The van der Waals surface area contributed by atoms with Crippen molar-refractivity contribution >= 4 is 17.9 Å². The van der Waals surface area contributed by atoms with Gasteiger partial charge >= 0.3 is 17.9 Å². The highest BCUT2D eigenvalue weighted by Crippen LogP contribution is 2.32. The van der Waals surface area contributed by atoms with Gasteiger partial charge in [-0.15, -0.1) is 0 Å². The predicted molar refractivity (Wildman–Crippen MR) is 247 cm³/mol. The maximum Gasteiger partial charge on any atom is 0.311 e. The van der Waals surface area contributed by atoms with Gasteiger partial charge in [0.05, 0.1) is 0 Å². The van der Waals surface area contributed by atoms with Crippen molar-refractivity contribution in [2.75, 3.05) is 0 Å². The van der Waals surface area contributed by atoms with Gasteiger partial charge in [0.25, 0.3) is 0 Å². The Bertz CT molecular complexity index is 1760. The SMILES string of the molecule is CCCCCCCC(=O)Oc1ccc(-c2ccc(CCCCCCc3ccc(-c4cc(OC(=O)CCCCCCC)cc(OC(=O)CCCCCCC)c4)cc3)cc2)cc1. The van der Waals surface area contributed by atoms with Gasteiger partial charge in [0, 0.05) is 25.3 Å². The number of aryl methyl sites for hydroxylation is 2. The molecule has 0 amide bonds. The third-order valence-corrected chi connectivity index (χ3v) is 11.1. The van der Waals surface area contributed by atoms with E-state index in [2.05, 4.69) is 69.3 Å². The van der Waals surface area contributed by atoms with E-state index in [1.165, 1.54) is 56.1 Å². The summed E-state index contributed by atoms with van der Waals surface area (Å²) in [5, 5.41) is 0. The molecule has 0 aromatic heterocycles. The lowest BCUT2D eigenvalue weighted by Crippen LogP contribution is -2.10. The van der Waals surface area contributed by atoms with Gasteiger partial charge in [-0.1, -0.05) is 171 Å². The number of hydrogen-bond donors (Lipinski definition) is 0. The Hall–Kier alpha value is -4.71. The number of carbonyl (C=O) groups is 3. The van der Waals surface area contributed by atoms with Crippen LogP contribution >= 0.6 is 0 Å². The van der Waals surface area contributed by atoms with Gasteiger partial charge < -0.3 is 14.2 Å². The highest BCUT2D eigenvalue weighted by Gasteiger charge is 2.13. The molecule has 0 radical (unpaired) electrons. The minimum absolute atomic E-state index is 0.152. The number of unbranched alkanes of at least 4 members (excludes halogenated alkanes) is 15. The molecule has 0 aliphatic rings. The molecule has 0 aliphatic carbocycles. The molecule has 4 aromatic carbocycles. The maximum atomic E-state index is 12.7. The Morgan fingerprint density at radius 2 is 0.650 bits per heavy atom. The van der Waals surface area contributed by atoms with Crippen LogP contribution in [0.3, 0.4) is 0 Å². The zero-order valence-electron chi connectivity index (χ0n) is 37.1. The van der Waals surface area contributed by atoms with Crippen LogP contribution in [0.5, 0.6) is 17.2 Å². The first kappa shape index (κ1) is 48.0. The molecule has 0 heterocycles. The first-order chi connectivity index (χ1) is 29.4. The molecule has 4 aromatic rings. The lowest BCUT2D eigenvalue weighted by atomic mass is 9.99. The minimum atomic E-state index is -0.257. The van der Waals surface area contributed by atoms with Crippen molar-refractivity contribution in [3.63, 3.8) is 0 Å². The second-order valence-electron chi connectivity index (χ2n) is 16.4. The summed E-state index contributed by atoms with van der Waals surface area (Å²) in [5.41, 5.74) is 6.75. The first-order valence-electron chi connectivity index (χ1n) is 23.4. The molecule has 0 saturated carbocycles. The van der Waals surface area contributed by atoms with E-state index in [0.29, 0.717) is 36.5 Å².